The molecule has 1 fully saturated rings. The molecule has 3 rings (SSSR count). The van der Waals surface area contributed by atoms with Gasteiger partial charge >= 0.3 is 0 Å². The van der Waals surface area contributed by atoms with Crippen molar-refractivity contribution in [3.63, 3.8) is 0 Å². The van der Waals surface area contributed by atoms with Gasteiger partial charge in [-0.25, -0.2) is 0 Å². The van der Waals surface area contributed by atoms with E-state index in [4.69, 9.17) is 9.47 Å². The van der Waals surface area contributed by atoms with Gasteiger partial charge in [-0.1, -0.05) is 19.3 Å². The zero-order valence-corrected chi connectivity index (χ0v) is 11.7. The number of fused-ring (bicyclic) bond motifs is 1. The van der Waals surface area contributed by atoms with Crippen molar-refractivity contribution in [3.8, 4) is 11.5 Å². The molecule has 19 heavy (non-hydrogen) atoms. The van der Waals surface area contributed by atoms with E-state index >= 15 is 0 Å². The fourth-order valence-corrected chi connectivity index (χ4v) is 3.27. The van der Waals surface area contributed by atoms with E-state index in [0.717, 1.165) is 29.4 Å². The molecule has 0 saturated heterocycles. The molecule has 0 spiro atoms. The fraction of sp³-hybridized carbons (Fsp3) is 0.625. The molecule has 0 radical (unpaired) electrons. The van der Waals surface area contributed by atoms with E-state index in [9.17, 15) is 5.11 Å². The standard InChI is InChI=1S/C16H22O3/c1-16(9-11-4-3-5-11)10-14(17)13-8-12(18-2)6-7-15(13)19-16/h6-8,11,14,17H,3-5,9-10H2,1-2H3/t14-,16?/m0/s1. The summed E-state index contributed by atoms with van der Waals surface area (Å²) in [5.74, 6) is 2.35. The van der Waals surface area contributed by atoms with Gasteiger partial charge in [0.1, 0.15) is 17.1 Å². The fourth-order valence-electron chi connectivity index (χ4n) is 3.27. The van der Waals surface area contributed by atoms with Gasteiger partial charge in [-0.05, 0) is 37.5 Å². The van der Waals surface area contributed by atoms with Crippen molar-refractivity contribution in [3.05, 3.63) is 23.8 Å². The largest absolute Gasteiger partial charge is 0.497 e. The highest BCUT2D eigenvalue weighted by Gasteiger charge is 2.39. The zero-order valence-electron chi connectivity index (χ0n) is 11.7. The van der Waals surface area contributed by atoms with Gasteiger partial charge in [-0.15, -0.1) is 0 Å². The van der Waals surface area contributed by atoms with Crippen LogP contribution in [0.4, 0.5) is 0 Å². The van der Waals surface area contributed by atoms with Crippen LogP contribution in [0.2, 0.25) is 0 Å². The van der Waals surface area contributed by atoms with Crippen LogP contribution in [0.15, 0.2) is 18.2 Å². The molecule has 1 aliphatic heterocycles. The number of aliphatic hydroxyl groups is 1. The third kappa shape index (κ3) is 2.44. The lowest BCUT2D eigenvalue weighted by Crippen LogP contribution is -2.41. The molecule has 3 heteroatoms. The van der Waals surface area contributed by atoms with E-state index < -0.39 is 6.10 Å². The van der Waals surface area contributed by atoms with Gasteiger partial charge < -0.3 is 14.6 Å². The van der Waals surface area contributed by atoms with Crippen LogP contribution in [-0.2, 0) is 0 Å². The molecule has 0 bridgehead atoms. The molecule has 1 unspecified atom stereocenters. The maximum Gasteiger partial charge on any atom is 0.126 e. The summed E-state index contributed by atoms with van der Waals surface area (Å²) in [6.45, 7) is 2.13. The van der Waals surface area contributed by atoms with Crippen molar-refractivity contribution in [1.82, 2.24) is 0 Å². The summed E-state index contributed by atoms with van der Waals surface area (Å²) in [6, 6.07) is 5.68. The summed E-state index contributed by atoms with van der Waals surface area (Å²) >= 11 is 0. The number of rotatable bonds is 3. The van der Waals surface area contributed by atoms with Crippen LogP contribution in [0.1, 0.15) is 50.7 Å². The van der Waals surface area contributed by atoms with Gasteiger partial charge in [0.05, 0.1) is 13.2 Å². The first-order valence-corrected chi connectivity index (χ1v) is 7.15. The summed E-state index contributed by atoms with van der Waals surface area (Å²) in [5, 5.41) is 10.4. The number of methoxy groups -OCH3 is 1. The third-order valence-electron chi connectivity index (χ3n) is 4.50. The Morgan fingerprint density at radius 1 is 1.42 bits per heavy atom. The molecule has 1 aliphatic carbocycles. The molecule has 1 saturated carbocycles. The highest BCUT2D eigenvalue weighted by molar-refractivity contribution is 5.43. The van der Waals surface area contributed by atoms with E-state index in [1.807, 2.05) is 18.2 Å². The van der Waals surface area contributed by atoms with Crippen molar-refractivity contribution >= 4 is 0 Å². The lowest BCUT2D eigenvalue weighted by atomic mass is 9.75. The maximum absolute atomic E-state index is 10.4. The molecular weight excluding hydrogens is 240 g/mol. The first kappa shape index (κ1) is 12.8. The minimum Gasteiger partial charge on any atom is -0.497 e. The Hall–Kier alpha value is -1.22. The van der Waals surface area contributed by atoms with Crippen LogP contribution in [-0.4, -0.2) is 17.8 Å². The quantitative estimate of drug-likeness (QED) is 0.906. The van der Waals surface area contributed by atoms with E-state index in [-0.39, 0.29) is 5.60 Å². The number of hydrogen-bond acceptors (Lipinski definition) is 3. The van der Waals surface area contributed by atoms with Crippen LogP contribution in [0.5, 0.6) is 11.5 Å². The van der Waals surface area contributed by atoms with E-state index in [2.05, 4.69) is 6.92 Å². The van der Waals surface area contributed by atoms with E-state index in [0.29, 0.717) is 6.42 Å². The smallest absolute Gasteiger partial charge is 0.126 e. The van der Waals surface area contributed by atoms with Gasteiger partial charge in [0, 0.05) is 12.0 Å². The highest BCUT2D eigenvalue weighted by Crippen LogP contribution is 2.45. The molecule has 1 aromatic carbocycles. The average molecular weight is 262 g/mol. The second-order valence-electron chi connectivity index (χ2n) is 6.18. The van der Waals surface area contributed by atoms with Gasteiger partial charge in [0.25, 0.3) is 0 Å². The SMILES string of the molecule is COc1ccc2c(c1)[C@@H](O)CC(C)(CC1CCC1)O2. The molecule has 104 valence electrons. The van der Waals surface area contributed by atoms with Gasteiger partial charge in [-0.2, -0.15) is 0 Å². The third-order valence-corrected chi connectivity index (χ3v) is 4.50. The van der Waals surface area contributed by atoms with Crippen molar-refractivity contribution < 1.29 is 14.6 Å². The van der Waals surface area contributed by atoms with Crippen molar-refractivity contribution in [2.24, 2.45) is 5.92 Å². The summed E-state index contributed by atoms with van der Waals surface area (Å²) < 4.78 is 11.4. The predicted octanol–water partition coefficient (Wildman–Crippen LogP) is 3.46. The minimum atomic E-state index is -0.455. The molecule has 1 N–H and O–H groups in total. The molecule has 3 nitrogen and oxygen atoms in total. The van der Waals surface area contributed by atoms with Crippen LogP contribution < -0.4 is 9.47 Å². The number of benzene rings is 1. The number of hydrogen-bond donors (Lipinski definition) is 1. The van der Waals surface area contributed by atoms with Crippen molar-refractivity contribution in [2.75, 3.05) is 7.11 Å². The maximum atomic E-state index is 10.4. The van der Waals surface area contributed by atoms with Gasteiger partial charge in [0.2, 0.25) is 0 Å². The average Bonchev–Trinajstić information content (AvgIpc) is 2.34. The second kappa shape index (κ2) is 4.71. The Kier molecular flexibility index (Phi) is 3.17. The first-order valence-electron chi connectivity index (χ1n) is 7.15. The second-order valence-corrected chi connectivity index (χ2v) is 6.18. The normalized spacial score (nSPS) is 30.2. The molecule has 2 atom stereocenters. The number of ether oxygens (including phenoxy) is 2. The Labute approximate surface area is 114 Å². The van der Waals surface area contributed by atoms with Crippen LogP contribution in [0.3, 0.4) is 0 Å². The number of aliphatic hydroxyl groups excluding tert-OH is 1. The van der Waals surface area contributed by atoms with E-state index in [1.165, 1.54) is 19.3 Å². The predicted molar refractivity (Wildman–Crippen MR) is 73.6 cm³/mol. The Bertz CT molecular complexity index is 467. The van der Waals surface area contributed by atoms with Crippen LogP contribution in [0.25, 0.3) is 0 Å². The zero-order chi connectivity index (χ0) is 13.5. The van der Waals surface area contributed by atoms with Gasteiger partial charge in [0.15, 0.2) is 0 Å². The summed E-state index contributed by atoms with van der Waals surface area (Å²) in [5.41, 5.74) is 0.622. The lowest BCUT2D eigenvalue weighted by molar-refractivity contribution is -0.0249. The summed E-state index contributed by atoms with van der Waals surface area (Å²) in [7, 11) is 1.64. The molecule has 0 amide bonds. The molecule has 0 aromatic heterocycles. The van der Waals surface area contributed by atoms with Gasteiger partial charge in [-0.3, -0.25) is 0 Å². The van der Waals surface area contributed by atoms with Crippen LogP contribution >= 0.6 is 0 Å². The van der Waals surface area contributed by atoms with E-state index in [1.54, 1.807) is 7.11 Å². The first-order chi connectivity index (χ1) is 9.09. The van der Waals surface area contributed by atoms with Crippen molar-refractivity contribution in [1.29, 1.82) is 0 Å². The minimum absolute atomic E-state index is 0.230. The summed E-state index contributed by atoms with van der Waals surface area (Å²) in [4.78, 5) is 0. The molecule has 1 aromatic rings. The van der Waals surface area contributed by atoms with Crippen LogP contribution in [0, 0.1) is 5.92 Å². The lowest BCUT2D eigenvalue weighted by Gasteiger charge is -2.42. The molecule has 1 heterocycles. The highest BCUT2D eigenvalue weighted by atomic mass is 16.5. The van der Waals surface area contributed by atoms with Crippen molar-refractivity contribution in [2.45, 2.75) is 50.7 Å². The Morgan fingerprint density at radius 3 is 2.84 bits per heavy atom. The molecular formula is C16H22O3. The Balaban J connectivity index is 1.82. The monoisotopic (exact) mass is 262 g/mol. The Morgan fingerprint density at radius 2 is 2.21 bits per heavy atom. The summed E-state index contributed by atoms with van der Waals surface area (Å²) in [6.07, 6.45) is 5.23. The topological polar surface area (TPSA) is 38.7 Å². The molecule has 2 aliphatic rings.